The molecule has 0 bridgehead atoms. The minimum Gasteiger partial charge on any atom is -0.298 e. The highest BCUT2D eigenvalue weighted by Crippen LogP contribution is 2.36. The van der Waals surface area contributed by atoms with Gasteiger partial charge in [-0.3, -0.25) is 19.5 Å². The Balaban J connectivity index is 2.07. The van der Waals surface area contributed by atoms with E-state index in [1.807, 2.05) is 0 Å². The largest absolute Gasteiger partial charge is 0.299 e. The van der Waals surface area contributed by atoms with Gasteiger partial charge in [0.2, 0.25) is 0 Å². The summed E-state index contributed by atoms with van der Waals surface area (Å²) in [4.78, 5) is 30.0. The van der Waals surface area contributed by atoms with Gasteiger partial charge in [-0.25, -0.2) is 0 Å². The van der Waals surface area contributed by atoms with E-state index in [1.165, 1.54) is 16.2 Å². The van der Waals surface area contributed by atoms with Crippen molar-refractivity contribution in [1.29, 1.82) is 0 Å². The van der Waals surface area contributed by atoms with Crippen LogP contribution in [0.3, 0.4) is 0 Å². The lowest BCUT2D eigenvalue weighted by Gasteiger charge is -2.16. The Morgan fingerprint density at radius 2 is 2.17 bits per heavy atom. The standard InChI is InChI=1S/C12H7ClN2O2S/c13-9-3-1-2-8-10(9)15(12(17)11(8)16)5-7-4-14-6-18-7/h1-4,6H,5H2. The van der Waals surface area contributed by atoms with Crippen LogP contribution in [0.15, 0.2) is 29.9 Å². The van der Waals surface area contributed by atoms with E-state index in [0.717, 1.165) is 4.88 Å². The Morgan fingerprint density at radius 1 is 1.33 bits per heavy atom. The topological polar surface area (TPSA) is 50.3 Å². The maximum Gasteiger partial charge on any atom is 0.299 e. The van der Waals surface area contributed by atoms with Crippen LogP contribution in [-0.2, 0) is 11.3 Å². The molecule has 0 unspecified atom stereocenters. The van der Waals surface area contributed by atoms with Crippen molar-refractivity contribution >= 4 is 40.3 Å². The Labute approximate surface area is 112 Å². The third-order valence-electron chi connectivity index (χ3n) is 2.74. The van der Waals surface area contributed by atoms with Gasteiger partial charge in [-0.05, 0) is 12.1 Å². The lowest BCUT2D eigenvalue weighted by Crippen LogP contribution is -2.28. The van der Waals surface area contributed by atoms with E-state index < -0.39 is 11.7 Å². The Kier molecular flexibility index (Phi) is 2.65. The number of halogens is 1. The van der Waals surface area contributed by atoms with Crippen LogP contribution in [0.4, 0.5) is 5.69 Å². The van der Waals surface area contributed by atoms with Crippen LogP contribution in [0.1, 0.15) is 15.2 Å². The molecule has 1 amide bonds. The van der Waals surface area contributed by atoms with Crippen LogP contribution in [-0.4, -0.2) is 16.7 Å². The number of hydrogen-bond acceptors (Lipinski definition) is 4. The van der Waals surface area contributed by atoms with Crippen molar-refractivity contribution in [3.05, 3.63) is 45.4 Å². The quantitative estimate of drug-likeness (QED) is 0.793. The number of rotatable bonds is 2. The smallest absolute Gasteiger partial charge is 0.298 e. The molecule has 0 spiro atoms. The second-order valence-corrected chi connectivity index (χ2v) is 5.20. The molecule has 0 atom stereocenters. The van der Waals surface area contributed by atoms with Crippen molar-refractivity contribution in [2.24, 2.45) is 0 Å². The molecule has 90 valence electrons. The zero-order chi connectivity index (χ0) is 12.7. The number of carbonyl (C=O) groups excluding carboxylic acids is 2. The van der Waals surface area contributed by atoms with Gasteiger partial charge in [-0.1, -0.05) is 17.7 Å². The Hall–Kier alpha value is -1.72. The van der Waals surface area contributed by atoms with Crippen LogP contribution < -0.4 is 4.90 Å². The molecule has 0 radical (unpaired) electrons. The molecule has 3 rings (SSSR count). The van der Waals surface area contributed by atoms with Crippen molar-refractivity contribution in [2.45, 2.75) is 6.54 Å². The third kappa shape index (κ3) is 1.63. The summed E-state index contributed by atoms with van der Waals surface area (Å²) in [6.07, 6.45) is 1.68. The molecule has 18 heavy (non-hydrogen) atoms. The molecular formula is C12H7ClN2O2S. The average Bonchev–Trinajstić information content (AvgIpc) is 2.94. The minimum absolute atomic E-state index is 0.325. The van der Waals surface area contributed by atoms with Gasteiger partial charge in [0.15, 0.2) is 0 Å². The number of para-hydroxylation sites is 1. The number of aromatic nitrogens is 1. The van der Waals surface area contributed by atoms with Gasteiger partial charge in [0.05, 0.1) is 28.3 Å². The highest BCUT2D eigenvalue weighted by molar-refractivity contribution is 7.09. The number of carbonyl (C=O) groups is 2. The van der Waals surface area contributed by atoms with Gasteiger partial charge in [-0.15, -0.1) is 11.3 Å². The van der Waals surface area contributed by atoms with E-state index in [-0.39, 0.29) is 0 Å². The van der Waals surface area contributed by atoms with Crippen molar-refractivity contribution in [1.82, 2.24) is 4.98 Å². The van der Waals surface area contributed by atoms with Gasteiger partial charge in [0.1, 0.15) is 0 Å². The third-order valence-corrected chi connectivity index (χ3v) is 3.81. The number of ketones is 1. The molecule has 0 N–H and O–H groups in total. The van der Waals surface area contributed by atoms with Crippen LogP contribution in [0, 0.1) is 0 Å². The van der Waals surface area contributed by atoms with E-state index in [0.29, 0.717) is 22.8 Å². The number of hydrogen-bond donors (Lipinski definition) is 0. The fourth-order valence-corrected chi connectivity index (χ4v) is 2.80. The lowest BCUT2D eigenvalue weighted by atomic mass is 10.1. The first-order valence-corrected chi connectivity index (χ1v) is 6.46. The number of anilines is 1. The molecular weight excluding hydrogens is 272 g/mol. The van der Waals surface area contributed by atoms with E-state index in [9.17, 15) is 9.59 Å². The highest BCUT2D eigenvalue weighted by atomic mass is 35.5. The van der Waals surface area contributed by atoms with Gasteiger partial charge < -0.3 is 0 Å². The maximum atomic E-state index is 11.9. The van der Waals surface area contributed by atoms with E-state index in [1.54, 1.807) is 29.9 Å². The zero-order valence-electron chi connectivity index (χ0n) is 9.09. The summed E-state index contributed by atoms with van der Waals surface area (Å²) in [7, 11) is 0. The first-order valence-electron chi connectivity index (χ1n) is 5.20. The fourth-order valence-electron chi connectivity index (χ4n) is 1.94. The molecule has 2 aromatic rings. The predicted octanol–water partition coefficient (Wildman–Crippen LogP) is 2.53. The fraction of sp³-hybridized carbons (Fsp3) is 0.0833. The summed E-state index contributed by atoms with van der Waals surface area (Å²) in [5.74, 6) is -1.04. The second kappa shape index (κ2) is 4.19. The summed E-state index contributed by atoms with van der Waals surface area (Å²) >= 11 is 7.51. The number of nitrogens with zero attached hydrogens (tertiary/aromatic N) is 2. The number of thiazole rings is 1. The number of Topliss-reactive ketones (excluding diaryl/α,β-unsaturated/α-hetero) is 1. The molecule has 0 aliphatic carbocycles. The van der Waals surface area contributed by atoms with Gasteiger partial charge >= 0.3 is 0 Å². The van der Waals surface area contributed by atoms with Crippen molar-refractivity contribution < 1.29 is 9.59 Å². The first-order chi connectivity index (χ1) is 8.68. The average molecular weight is 279 g/mol. The summed E-state index contributed by atoms with van der Waals surface area (Å²) in [5.41, 5.74) is 2.56. The Morgan fingerprint density at radius 3 is 2.89 bits per heavy atom. The minimum atomic E-state index is -0.536. The first kappa shape index (κ1) is 11.4. The van der Waals surface area contributed by atoms with E-state index in [2.05, 4.69) is 4.98 Å². The molecule has 0 fully saturated rings. The molecule has 1 aliphatic rings. The molecule has 6 heteroatoms. The molecule has 1 aromatic carbocycles. The summed E-state index contributed by atoms with van der Waals surface area (Å²) in [6.45, 7) is 0.325. The molecule has 2 heterocycles. The van der Waals surface area contributed by atoms with Crippen LogP contribution in [0.2, 0.25) is 5.02 Å². The van der Waals surface area contributed by atoms with Crippen LogP contribution >= 0.6 is 22.9 Å². The Bertz CT molecular complexity index is 640. The molecule has 0 saturated carbocycles. The van der Waals surface area contributed by atoms with Crippen LogP contribution in [0.5, 0.6) is 0 Å². The maximum absolute atomic E-state index is 11.9. The van der Waals surface area contributed by atoms with Gasteiger partial charge in [0.25, 0.3) is 11.7 Å². The van der Waals surface area contributed by atoms with Crippen LogP contribution in [0.25, 0.3) is 0 Å². The van der Waals surface area contributed by atoms with Gasteiger partial charge in [-0.2, -0.15) is 0 Å². The van der Waals surface area contributed by atoms with Crippen molar-refractivity contribution in [2.75, 3.05) is 4.90 Å². The molecule has 0 saturated heterocycles. The van der Waals surface area contributed by atoms with E-state index in [4.69, 9.17) is 11.6 Å². The summed E-state index contributed by atoms with van der Waals surface area (Å²) in [6, 6.07) is 4.96. The number of benzene rings is 1. The summed E-state index contributed by atoms with van der Waals surface area (Å²) < 4.78 is 0. The lowest BCUT2D eigenvalue weighted by molar-refractivity contribution is -0.114. The van der Waals surface area contributed by atoms with Crippen molar-refractivity contribution in [3.8, 4) is 0 Å². The summed E-state index contributed by atoms with van der Waals surface area (Å²) in [5, 5.41) is 0.413. The monoisotopic (exact) mass is 278 g/mol. The normalized spacial score (nSPS) is 14.2. The molecule has 4 nitrogen and oxygen atoms in total. The number of amides is 1. The predicted molar refractivity (Wildman–Crippen MR) is 69.1 cm³/mol. The number of fused-ring (bicyclic) bond motifs is 1. The second-order valence-electron chi connectivity index (χ2n) is 3.82. The van der Waals surface area contributed by atoms with Crippen molar-refractivity contribution in [3.63, 3.8) is 0 Å². The highest BCUT2D eigenvalue weighted by Gasteiger charge is 2.37. The van der Waals surface area contributed by atoms with Gasteiger partial charge in [0, 0.05) is 11.1 Å². The van der Waals surface area contributed by atoms with E-state index >= 15 is 0 Å². The zero-order valence-corrected chi connectivity index (χ0v) is 10.7. The molecule has 1 aromatic heterocycles. The SMILES string of the molecule is O=C1C(=O)N(Cc2cncs2)c2c(Cl)cccc21. The molecule has 1 aliphatic heterocycles.